The summed E-state index contributed by atoms with van der Waals surface area (Å²) in [6.07, 6.45) is 3.80. The van der Waals surface area contributed by atoms with Gasteiger partial charge < -0.3 is 19.5 Å². The quantitative estimate of drug-likeness (QED) is 0.259. The third-order valence-corrected chi connectivity index (χ3v) is 7.19. The van der Waals surface area contributed by atoms with Crippen LogP contribution in [0.25, 0.3) is 11.0 Å². The Morgan fingerprint density at radius 1 is 0.846 bits per heavy atom. The Kier molecular flexibility index (Phi) is 7.34. The lowest BCUT2D eigenvalue weighted by molar-refractivity contribution is 0.293. The zero-order valence-corrected chi connectivity index (χ0v) is 21.7. The van der Waals surface area contributed by atoms with E-state index in [0.29, 0.717) is 30.9 Å². The Morgan fingerprint density at radius 2 is 1.62 bits per heavy atom. The van der Waals surface area contributed by atoms with Gasteiger partial charge in [-0.15, -0.1) is 0 Å². The first-order valence-electron chi connectivity index (χ1n) is 13.4. The predicted octanol–water partition coefficient (Wildman–Crippen LogP) is 5.92. The molecule has 0 atom stereocenters. The van der Waals surface area contributed by atoms with Crippen LogP contribution in [-0.2, 0) is 13.2 Å². The van der Waals surface area contributed by atoms with Crippen LogP contribution in [0.3, 0.4) is 0 Å². The van der Waals surface area contributed by atoms with Crippen LogP contribution in [-0.4, -0.2) is 39.2 Å². The van der Waals surface area contributed by atoms with Crippen molar-refractivity contribution in [1.82, 2.24) is 19.5 Å². The zero-order valence-electron chi connectivity index (χ0n) is 21.7. The van der Waals surface area contributed by atoms with Crippen LogP contribution < -0.4 is 15.0 Å². The first-order valence-corrected chi connectivity index (χ1v) is 13.4. The van der Waals surface area contributed by atoms with Gasteiger partial charge in [0.05, 0.1) is 17.6 Å². The van der Waals surface area contributed by atoms with Gasteiger partial charge in [0.15, 0.2) is 0 Å². The molecule has 1 aliphatic rings. The zero-order chi connectivity index (χ0) is 26.4. The molecule has 1 N–H and O–H groups in total. The number of piperidine rings is 1. The van der Waals surface area contributed by atoms with Crippen molar-refractivity contribution >= 4 is 22.9 Å². The summed E-state index contributed by atoms with van der Waals surface area (Å²) in [5, 5.41) is 3.41. The Morgan fingerprint density at radius 3 is 2.44 bits per heavy atom. The number of hydrogen-bond donors (Lipinski definition) is 1. The minimum Gasteiger partial charge on any atom is -0.473 e. The second-order valence-electron chi connectivity index (χ2n) is 9.92. The molecule has 0 unspecified atom stereocenters. The van der Waals surface area contributed by atoms with Crippen molar-refractivity contribution in [3.8, 4) is 5.88 Å². The normalized spacial score (nSPS) is 14.0. The molecule has 6 rings (SSSR count). The molecule has 7 nitrogen and oxygen atoms in total. The minimum atomic E-state index is -0.220. The van der Waals surface area contributed by atoms with Gasteiger partial charge in [0.1, 0.15) is 12.4 Å². The molecule has 0 radical (unpaired) electrons. The first kappa shape index (κ1) is 24.9. The molecule has 8 heteroatoms. The van der Waals surface area contributed by atoms with Crippen molar-refractivity contribution in [3.63, 3.8) is 0 Å². The fraction of sp³-hybridized carbons (Fsp3) is 0.258. The van der Waals surface area contributed by atoms with E-state index in [1.165, 1.54) is 12.1 Å². The molecule has 2 aromatic heterocycles. The van der Waals surface area contributed by atoms with Crippen LogP contribution >= 0.6 is 0 Å². The third kappa shape index (κ3) is 6.00. The average molecular weight is 523 g/mol. The molecule has 3 heterocycles. The summed E-state index contributed by atoms with van der Waals surface area (Å²) in [5.41, 5.74) is 4.22. The topological polar surface area (TPSA) is 68.1 Å². The van der Waals surface area contributed by atoms with Crippen LogP contribution in [0, 0.1) is 11.7 Å². The van der Waals surface area contributed by atoms with Crippen LogP contribution in [0.4, 0.5) is 16.3 Å². The first-order chi connectivity index (χ1) is 19.2. The van der Waals surface area contributed by atoms with Crippen molar-refractivity contribution in [3.05, 3.63) is 108 Å². The van der Waals surface area contributed by atoms with Gasteiger partial charge in [-0.1, -0.05) is 54.6 Å². The fourth-order valence-corrected chi connectivity index (χ4v) is 5.04. The highest BCUT2D eigenvalue weighted by atomic mass is 19.1. The molecule has 0 aliphatic carbocycles. The van der Waals surface area contributed by atoms with Gasteiger partial charge in [0.25, 0.3) is 0 Å². The van der Waals surface area contributed by atoms with E-state index >= 15 is 0 Å². The maximum atomic E-state index is 13.5. The Balaban J connectivity index is 1.07. The summed E-state index contributed by atoms with van der Waals surface area (Å²) < 4.78 is 21.6. The molecule has 5 aromatic rings. The summed E-state index contributed by atoms with van der Waals surface area (Å²) in [5.74, 6) is 2.41. The van der Waals surface area contributed by atoms with Crippen LogP contribution in [0.5, 0.6) is 5.88 Å². The van der Waals surface area contributed by atoms with E-state index in [9.17, 15) is 4.39 Å². The van der Waals surface area contributed by atoms with Crippen molar-refractivity contribution in [2.75, 3.05) is 29.9 Å². The maximum absolute atomic E-state index is 13.5. The number of rotatable bonds is 9. The van der Waals surface area contributed by atoms with Gasteiger partial charge in [-0.25, -0.2) is 14.4 Å². The van der Waals surface area contributed by atoms with Gasteiger partial charge in [-0.05, 0) is 54.2 Å². The summed E-state index contributed by atoms with van der Waals surface area (Å²) in [6.45, 7) is 3.77. The van der Waals surface area contributed by atoms with Gasteiger partial charge >= 0.3 is 0 Å². The highest BCUT2D eigenvalue weighted by Crippen LogP contribution is 2.28. The van der Waals surface area contributed by atoms with Crippen LogP contribution in [0.15, 0.2) is 91.1 Å². The third-order valence-electron chi connectivity index (χ3n) is 7.19. The second kappa shape index (κ2) is 11.5. The van der Waals surface area contributed by atoms with E-state index in [-0.39, 0.29) is 5.82 Å². The molecule has 0 saturated carbocycles. The SMILES string of the molecule is Fc1ccc(Cn2c(N3CCC(CNc4nccc(OCc5ccccc5)n4)CC3)nc3ccccc32)cc1. The lowest BCUT2D eigenvalue weighted by Crippen LogP contribution is -2.37. The summed E-state index contributed by atoms with van der Waals surface area (Å²) in [7, 11) is 0. The number of imidazole rings is 1. The van der Waals surface area contributed by atoms with E-state index < -0.39 is 0 Å². The van der Waals surface area contributed by atoms with Gasteiger partial charge in [0.2, 0.25) is 17.8 Å². The van der Waals surface area contributed by atoms with Crippen molar-refractivity contribution in [1.29, 1.82) is 0 Å². The predicted molar refractivity (Wildman–Crippen MR) is 151 cm³/mol. The Hall–Kier alpha value is -4.46. The second-order valence-corrected chi connectivity index (χ2v) is 9.92. The smallest absolute Gasteiger partial charge is 0.225 e. The number of ether oxygens (including phenoxy) is 1. The summed E-state index contributed by atoms with van der Waals surface area (Å²) in [4.78, 5) is 16.2. The molecule has 3 aromatic carbocycles. The maximum Gasteiger partial charge on any atom is 0.225 e. The Labute approximate surface area is 227 Å². The van der Waals surface area contributed by atoms with Crippen molar-refractivity contribution in [2.45, 2.75) is 26.0 Å². The summed E-state index contributed by atoms with van der Waals surface area (Å²) in [6, 6.07) is 26.8. The lowest BCUT2D eigenvalue weighted by atomic mass is 9.97. The summed E-state index contributed by atoms with van der Waals surface area (Å²) >= 11 is 0. The van der Waals surface area contributed by atoms with Crippen LogP contribution in [0.2, 0.25) is 0 Å². The molecular weight excluding hydrogens is 491 g/mol. The number of fused-ring (bicyclic) bond motifs is 1. The molecule has 0 spiro atoms. The minimum absolute atomic E-state index is 0.220. The number of para-hydroxylation sites is 2. The standard InChI is InChI=1S/C31H31FN6O/c32-26-12-10-24(11-13-26)21-38-28-9-5-4-8-27(28)35-31(38)37-18-15-23(16-19-37)20-34-30-33-17-14-29(36-30)39-22-25-6-2-1-3-7-25/h1-14,17,23H,15-16,18-22H2,(H,33,34,36). The molecule has 1 saturated heterocycles. The van der Waals surface area contributed by atoms with Gasteiger partial charge in [-0.3, -0.25) is 0 Å². The number of benzene rings is 3. The molecule has 0 bridgehead atoms. The number of anilines is 2. The number of nitrogens with zero attached hydrogens (tertiary/aromatic N) is 5. The largest absolute Gasteiger partial charge is 0.473 e. The van der Waals surface area contributed by atoms with Gasteiger partial charge in [-0.2, -0.15) is 4.98 Å². The van der Waals surface area contributed by atoms with E-state index in [1.807, 2.05) is 60.7 Å². The Bertz CT molecular complexity index is 1510. The van der Waals surface area contributed by atoms with Crippen LogP contribution in [0.1, 0.15) is 24.0 Å². The van der Waals surface area contributed by atoms with E-state index in [4.69, 9.17) is 9.72 Å². The number of hydrogen-bond acceptors (Lipinski definition) is 6. The average Bonchev–Trinajstić information content (AvgIpc) is 3.35. The van der Waals surface area contributed by atoms with Gasteiger partial charge in [0, 0.05) is 31.9 Å². The van der Waals surface area contributed by atoms with Crippen molar-refractivity contribution in [2.24, 2.45) is 5.92 Å². The molecular formula is C31H31FN6O. The molecule has 0 amide bonds. The highest BCUT2D eigenvalue weighted by Gasteiger charge is 2.24. The monoisotopic (exact) mass is 522 g/mol. The van der Waals surface area contributed by atoms with Crippen molar-refractivity contribution < 1.29 is 9.13 Å². The highest BCUT2D eigenvalue weighted by molar-refractivity contribution is 5.79. The molecule has 1 fully saturated rings. The van der Waals surface area contributed by atoms with E-state index in [2.05, 4.69) is 30.8 Å². The fourth-order valence-electron chi connectivity index (χ4n) is 5.04. The molecule has 1 aliphatic heterocycles. The molecule has 39 heavy (non-hydrogen) atoms. The number of nitrogens with one attached hydrogen (secondary N) is 1. The lowest BCUT2D eigenvalue weighted by Gasteiger charge is -2.33. The number of aromatic nitrogens is 4. The number of halogens is 1. The van der Waals surface area contributed by atoms with E-state index in [1.54, 1.807) is 12.3 Å². The van der Waals surface area contributed by atoms with E-state index in [0.717, 1.165) is 60.6 Å². The molecule has 198 valence electrons.